The monoisotopic (exact) mass is 373 g/mol. The van der Waals surface area contributed by atoms with E-state index in [1.165, 1.54) is 0 Å². The van der Waals surface area contributed by atoms with Crippen LogP contribution in [0.1, 0.15) is 23.6 Å². The zero-order valence-corrected chi connectivity index (χ0v) is 15.6. The molecule has 1 aromatic heterocycles. The van der Waals surface area contributed by atoms with Crippen molar-refractivity contribution in [1.29, 1.82) is 0 Å². The summed E-state index contributed by atoms with van der Waals surface area (Å²) in [5.74, 6) is 0.799. The quantitative estimate of drug-likeness (QED) is 0.774. The summed E-state index contributed by atoms with van der Waals surface area (Å²) in [6.07, 6.45) is 1.12. The van der Waals surface area contributed by atoms with E-state index in [9.17, 15) is 4.79 Å². The minimum atomic E-state index is 0.107. The zero-order valence-electron chi connectivity index (χ0n) is 14.0. The molecule has 0 saturated carbocycles. The van der Waals surface area contributed by atoms with Gasteiger partial charge in [-0.2, -0.15) is 0 Å². The van der Waals surface area contributed by atoms with E-state index in [0.29, 0.717) is 11.8 Å². The van der Waals surface area contributed by atoms with Crippen molar-refractivity contribution in [2.24, 2.45) is 5.92 Å². The molecule has 1 aromatic carbocycles. The Morgan fingerprint density at radius 2 is 2.00 bits per heavy atom. The molecule has 0 radical (unpaired) electrons. The SMILES string of the molecule is Cc1c(Cl)cccc1NC(=S)N1C[C@@H]2C[C@@H](C1)c1cccc(=O)n1C2. The third-order valence-electron chi connectivity index (χ3n) is 5.28. The standard InChI is InChI=1S/C19H20ClN3OS/c1-12-15(20)4-2-5-16(12)21-19(25)22-9-13-8-14(11-22)17-6-3-7-18(24)23(17)10-13/h2-7,13-14H,8-11H2,1H3,(H,21,25)/t13-,14-/m0/s1. The Morgan fingerprint density at radius 1 is 1.20 bits per heavy atom. The summed E-state index contributed by atoms with van der Waals surface area (Å²) >= 11 is 11.9. The number of piperidine rings is 1. The average Bonchev–Trinajstić information content (AvgIpc) is 2.60. The lowest BCUT2D eigenvalue weighted by molar-refractivity contribution is 0.180. The number of nitrogens with zero attached hydrogens (tertiary/aromatic N) is 2. The number of aromatic nitrogens is 1. The van der Waals surface area contributed by atoms with Crippen molar-refractivity contribution in [3.8, 4) is 0 Å². The lowest BCUT2D eigenvalue weighted by atomic mass is 9.83. The molecule has 2 bridgehead atoms. The molecule has 2 aromatic rings. The Kier molecular flexibility index (Phi) is 4.29. The van der Waals surface area contributed by atoms with E-state index in [0.717, 1.165) is 53.1 Å². The second kappa shape index (κ2) is 6.46. The summed E-state index contributed by atoms with van der Waals surface area (Å²) in [6, 6.07) is 11.4. The number of anilines is 1. The van der Waals surface area contributed by atoms with Crippen LogP contribution in [0.3, 0.4) is 0 Å². The van der Waals surface area contributed by atoms with Crippen molar-refractivity contribution < 1.29 is 0 Å². The molecule has 2 aliphatic rings. The highest BCUT2D eigenvalue weighted by Crippen LogP contribution is 2.35. The van der Waals surface area contributed by atoms with Crippen LogP contribution in [0.25, 0.3) is 0 Å². The molecule has 2 atom stereocenters. The first-order valence-electron chi connectivity index (χ1n) is 8.53. The molecule has 25 heavy (non-hydrogen) atoms. The lowest BCUT2D eigenvalue weighted by Gasteiger charge is -2.43. The van der Waals surface area contributed by atoms with Gasteiger partial charge < -0.3 is 14.8 Å². The number of likely N-dealkylation sites (tertiary alicyclic amines) is 1. The first-order chi connectivity index (χ1) is 12.0. The minimum Gasteiger partial charge on any atom is -0.348 e. The van der Waals surface area contributed by atoms with Crippen molar-refractivity contribution in [2.75, 3.05) is 18.4 Å². The van der Waals surface area contributed by atoms with Crippen molar-refractivity contribution in [2.45, 2.75) is 25.8 Å². The van der Waals surface area contributed by atoms with Crippen molar-refractivity contribution in [1.82, 2.24) is 9.47 Å². The summed E-state index contributed by atoms with van der Waals surface area (Å²) in [5.41, 5.74) is 3.19. The maximum absolute atomic E-state index is 12.1. The fourth-order valence-corrected chi connectivity index (χ4v) is 4.43. The second-order valence-electron chi connectivity index (χ2n) is 6.95. The van der Waals surface area contributed by atoms with E-state index in [2.05, 4.69) is 16.3 Å². The van der Waals surface area contributed by atoms with Gasteiger partial charge in [0.25, 0.3) is 5.56 Å². The van der Waals surface area contributed by atoms with Crippen LogP contribution in [-0.2, 0) is 6.54 Å². The molecule has 0 unspecified atom stereocenters. The molecule has 1 saturated heterocycles. The van der Waals surface area contributed by atoms with E-state index in [4.69, 9.17) is 23.8 Å². The van der Waals surface area contributed by atoms with E-state index in [-0.39, 0.29) is 5.56 Å². The first kappa shape index (κ1) is 16.6. The van der Waals surface area contributed by atoms with Crippen molar-refractivity contribution in [3.05, 3.63) is 63.0 Å². The molecule has 3 heterocycles. The number of benzene rings is 1. The van der Waals surface area contributed by atoms with Gasteiger partial charge in [-0.1, -0.05) is 23.7 Å². The van der Waals surface area contributed by atoms with E-state index < -0.39 is 0 Å². The Labute approximate surface area is 157 Å². The minimum absolute atomic E-state index is 0.107. The predicted octanol–water partition coefficient (Wildman–Crippen LogP) is 3.63. The molecule has 0 amide bonds. The van der Waals surface area contributed by atoms with Crippen LogP contribution in [0, 0.1) is 12.8 Å². The third-order valence-corrected chi connectivity index (χ3v) is 6.05. The van der Waals surface area contributed by atoms with Gasteiger partial charge in [0.05, 0.1) is 0 Å². The van der Waals surface area contributed by atoms with Gasteiger partial charge in [-0.25, -0.2) is 0 Å². The van der Waals surface area contributed by atoms with Crippen LogP contribution in [0.5, 0.6) is 0 Å². The number of hydrogen-bond donors (Lipinski definition) is 1. The Balaban J connectivity index is 1.55. The van der Waals surface area contributed by atoms with Gasteiger partial charge in [0.15, 0.2) is 5.11 Å². The molecular formula is C19H20ClN3OS. The fraction of sp³-hybridized carbons (Fsp3) is 0.368. The molecule has 2 aliphatic heterocycles. The molecule has 1 fully saturated rings. The topological polar surface area (TPSA) is 37.3 Å². The Hall–Kier alpha value is -1.85. The molecule has 1 N–H and O–H groups in total. The normalized spacial score (nSPS) is 21.6. The first-order valence-corrected chi connectivity index (χ1v) is 9.32. The summed E-state index contributed by atoms with van der Waals surface area (Å²) in [7, 11) is 0. The zero-order chi connectivity index (χ0) is 17.6. The highest BCUT2D eigenvalue weighted by Gasteiger charge is 2.35. The fourth-order valence-electron chi connectivity index (χ4n) is 4.00. The largest absolute Gasteiger partial charge is 0.348 e. The van der Waals surface area contributed by atoms with Gasteiger partial charge in [-0.05, 0) is 55.2 Å². The molecule has 4 nitrogen and oxygen atoms in total. The van der Waals surface area contributed by atoms with Gasteiger partial charge in [0, 0.05) is 48.0 Å². The Bertz CT molecular complexity index is 894. The maximum atomic E-state index is 12.1. The Morgan fingerprint density at radius 3 is 2.84 bits per heavy atom. The van der Waals surface area contributed by atoms with Crippen LogP contribution in [0.2, 0.25) is 5.02 Å². The van der Waals surface area contributed by atoms with Gasteiger partial charge in [-0.3, -0.25) is 4.79 Å². The molecule has 4 rings (SSSR count). The average molecular weight is 374 g/mol. The molecular weight excluding hydrogens is 354 g/mol. The second-order valence-corrected chi connectivity index (χ2v) is 7.74. The summed E-state index contributed by atoms with van der Waals surface area (Å²) in [5, 5.41) is 4.81. The highest BCUT2D eigenvalue weighted by molar-refractivity contribution is 7.80. The number of thiocarbonyl (C=S) groups is 1. The van der Waals surface area contributed by atoms with Gasteiger partial charge in [0.2, 0.25) is 0 Å². The van der Waals surface area contributed by atoms with Crippen LogP contribution >= 0.6 is 23.8 Å². The van der Waals surface area contributed by atoms with Crippen molar-refractivity contribution in [3.63, 3.8) is 0 Å². The van der Waals surface area contributed by atoms with Crippen LogP contribution in [-0.4, -0.2) is 27.7 Å². The molecule has 130 valence electrons. The van der Waals surface area contributed by atoms with E-state index in [1.54, 1.807) is 6.07 Å². The van der Waals surface area contributed by atoms with Crippen LogP contribution in [0.15, 0.2) is 41.2 Å². The van der Waals surface area contributed by atoms with E-state index >= 15 is 0 Å². The number of nitrogens with one attached hydrogen (secondary N) is 1. The number of pyridine rings is 1. The smallest absolute Gasteiger partial charge is 0.250 e. The van der Waals surface area contributed by atoms with Gasteiger partial charge in [0.1, 0.15) is 0 Å². The molecule has 0 spiro atoms. The number of halogens is 1. The van der Waals surface area contributed by atoms with Crippen LogP contribution in [0.4, 0.5) is 5.69 Å². The lowest BCUT2D eigenvalue weighted by Crippen LogP contribution is -2.50. The van der Waals surface area contributed by atoms with Crippen molar-refractivity contribution >= 4 is 34.6 Å². The van der Waals surface area contributed by atoms with Gasteiger partial charge >= 0.3 is 0 Å². The summed E-state index contributed by atoms with van der Waals surface area (Å²) in [4.78, 5) is 14.4. The van der Waals surface area contributed by atoms with Gasteiger partial charge in [-0.15, -0.1) is 0 Å². The summed E-state index contributed by atoms with van der Waals surface area (Å²) in [6.45, 7) is 4.48. The molecule has 6 heteroatoms. The maximum Gasteiger partial charge on any atom is 0.250 e. The number of rotatable bonds is 1. The molecule has 0 aliphatic carbocycles. The van der Waals surface area contributed by atoms with Crippen LogP contribution < -0.4 is 10.9 Å². The van der Waals surface area contributed by atoms with E-state index in [1.807, 2.05) is 35.8 Å². The highest BCUT2D eigenvalue weighted by atomic mass is 35.5. The number of hydrogen-bond acceptors (Lipinski definition) is 2. The predicted molar refractivity (Wildman–Crippen MR) is 106 cm³/mol. The third kappa shape index (κ3) is 3.07. The number of fused-ring (bicyclic) bond motifs is 4. The summed E-state index contributed by atoms with van der Waals surface area (Å²) < 4.78 is 1.94.